The number of amides is 1. The average Bonchev–Trinajstić information content (AvgIpc) is 3.06. The number of allylic oxidation sites excluding steroid dienone is 4. The third kappa shape index (κ3) is 5.27. The molecule has 0 bridgehead atoms. The fraction of sp³-hybridized carbons (Fsp3) is 0.667. The van der Waals surface area contributed by atoms with Crippen LogP contribution in [0.1, 0.15) is 73.1 Å². The molecule has 0 heterocycles. The zero-order chi connectivity index (χ0) is 23.6. The standard InChI is InChI=1S/C27H41NO4/c1-17(2)16-28(20(5)29)32-19(4)24-11-12-25-21(8-7-13-27(24,25)6)9-10-22-14-23(30)15-26(31)18(22)3/h9-11,17,19,23,25-26,30-31H,3,7-8,12-16H2,1-2,4-6H3/t19-,23+,25?,26-,27+/m0/s1. The smallest absolute Gasteiger partial charge is 0.243 e. The second-order valence-electron chi connectivity index (χ2n) is 10.5. The Balaban J connectivity index is 1.77. The van der Waals surface area contributed by atoms with Gasteiger partial charge in [-0.25, -0.2) is 5.06 Å². The molecule has 5 atom stereocenters. The Kier molecular flexibility index (Phi) is 7.85. The van der Waals surface area contributed by atoms with Gasteiger partial charge < -0.3 is 10.2 Å². The van der Waals surface area contributed by atoms with Crippen LogP contribution in [0, 0.1) is 17.3 Å². The quantitative estimate of drug-likeness (QED) is 0.454. The molecule has 0 radical (unpaired) electrons. The zero-order valence-corrected chi connectivity index (χ0v) is 20.4. The molecule has 0 aromatic carbocycles. The van der Waals surface area contributed by atoms with E-state index in [1.54, 1.807) is 6.92 Å². The van der Waals surface area contributed by atoms with Crippen molar-refractivity contribution >= 4 is 5.91 Å². The molecule has 0 saturated heterocycles. The molecule has 178 valence electrons. The summed E-state index contributed by atoms with van der Waals surface area (Å²) in [5.74, 6) is 0.700. The molecule has 5 nitrogen and oxygen atoms in total. The zero-order valence-electron chi connectivity index (χ0n) is 20.4. The summed E-state index contributed by atoms with van der Waals surface area (Å²) in [6.07, 6.45) is 10.5. The van der Waals surface area contributed by atoms with Crippen LogP contribution in [-0.4, -0.2) is 46.0 Å². The third-order valence-electron chi connectivity index (χ3n) is 7.48. The molecule has 3 aliphatic carbocycles. The van der Waals surface area contributed by atoms with Gasteiger partial charge in [-0.1, -0.05) is 51.2 Å². The fourth-order valence-corrected chi connectivity index (χ4v) is 5.77. The number of nitrogens with zero attached hydrogens (tertiary/aromatic N) is 1. The molecule has 3 aliphatic rings. The van der Waals surface area contributed by atoms with Gasteiger partial charge in [0.15, 0.2) is 0 Å². The first-order chi connectivity index (χ1) is 15.0. The largest absolute Gasteiger partial charge is 0.393 e. The van der Waals surface area contributed by atoms with E-state index in [1.165, 1.54) is 16.2 Å². The lowest BCUT2D eigenvalue weighted by Crippen LogP contribution is -2.40. The van der Waals surface area contributed by atoms with Gasteiger partial charge in [-0.15, -0.1) is 0 Å². The summed E-state index contributed by atoms with van der Waals surface area (Å²) in [5.41, 5.74) is 4.41. The molecule has 0 spiro atoms. The molecule has 2 saturated carbocycles. The van der Waals surface area contributed by atoms with E-state index < -0.39 is 12.2 Å². The van der Waals surface area contributed by atoms with Crippen molar-refractivity contribution in [3.63, 3.8) is 0 Å². The number of carbonyl (C=O) groups excluding carboxylic acids is 1. The number of rotatable bonds is 6. The Morgan fingerprint density at radius 2 is 2.06 bits per heavy atom. The summed E-state index contributed by atoms with van der Waals surface area (Å²) < 4.78 is 0. The van der Waals surface area contributed by atoms with E-state index in [1.807, 2.05) is 0 Å². The van der Waals surface area contributed by atoms with E-state index in [0.717, 1.165) is 36.8 Å². The number of aliphatic hydroxyl groups is 2. The molecule has 32 heavy (non-hydrogen) atoms. The highest BCUT2D eigenvalue weighted by atomic mass is 16.7. The first-order valence-corrected chi connectivity index (χ1v) is 12.1. The van der Waals surface area contributed by atoms with Crippen molar-refractivity contribution in [2.75, 3.05) is 6.54 Å². The van der Waals surface area contributed by atoms with Crippen LogP contribution in [0.15, 0.2) is 47.1 Å². The Labute approximate surface area is 193 Å². The topological polar surface area (TPSA) is 70.0 Å². The SMILES string of the molecule is C=C1C(=CC=C2CCC[C@]3(C)C([C@H](C)ON(CC(C)C)C(C)=O)=CCC23)C[C@@H](O)C[C@@H]1O. The second-order valence-corrected chi connectivity index (χ2v) is 10.5. The maximum absolute atomic E-state index is 12.1. The Bertz CT molecular complexity index is 824. The first-order valence-electron chi connectivity index (χ1n) is 12.1. The molecular weight excluding hydrogens is 402 g/mol. The lowest BCUT2D eigenvalue weighted by atomic mass is 9.63. The minimum Gasteiger partial charge on any atom is -0.393 e. The van der Waals surface area contributed by atoms with Crippen molar-refractivity contribution in [3.8, 4) is 0 Å². The Morgan fingerprint density at radius 1 is 1.34 bits per heavy atom. The molecule has 0 aliphatic heterocycles. The molecule has 0 aromatic rings. The predicted molar refractivity (Wildman–Crippen MR) is 127 cm³/mol. The summed E-state index contributed by atoms with van der Waals surface area (Å²) in [7, 11) is 0. The first kappa shape index (κ1) is 24.9. The minimum atomic E-state index is -0.659. The molecule has 1 amide bonds. The van der Waals surface area contributed by atoms with Gasteiger partial charge in [-0.2, -0.15) is 0 Å². The van der Waals surface area contributed by atoms with E-state index in [9.17, 15) is 15.0 Å². The molecule has 0 aromatic heterocycles. The van der Waals surface area contributed by atoms with Gasteiger partial charge in [0.05, 0.1) is 18.8 Å². The van der Waals surface area contributed by atoms with Crippen LogP contribution in [0.5, 0.6) is 0 Å². The minimum absolute atomic E-state index is 0.0187. The van der Waals surface area contributed by atoms with Gasteiger partial charge in [-0.05, 0) is 73.0 Å². The summed E-state index contributed by atoms with van der Waals surface area (Å²) in [4.78, 5) is 18.2. The maximum Gasteiger partial charge on any atom is 0.243 e. The van der Waals surface area contributed by atoms with Crippen LogP contribution in [0.25, 0.3) is 0 Å². The average molecular weight is 444 g/mol. The van der Waals surface area contributed by atoms with Crippen molar-refractivity contribution in [2.24, 2.45) is 17.3 Å². The monoisotopic (exact) mass is 443 g/mol. The highest BCUT2D eigenvalue weighted by molar-refractivity contribution is 5.72. The van der Waals surface area contributed by atoms with Crippen molar-refractivity contribution in [1.29, 1.82) is 0 Å². The number of carbonyl (C=O) groups is 1. The second kappa shape index (κ2) is 10.1. The third-order valence-corrected chi connectivity index (χ3v) is 7.48. The van der Waals surface area contributed by atoms with E-state index in [2.05, 4.69) is 52.5 Å². The van der Waals surface area contributed by atoms with Crippen LogP contribution < -0.4 is 0 Å². The van der Waals surface area contributed by atoms with E-state index >= 15 is 0 Å². The molecule has 1 unspecified atom stereocenters. The number of hydrogen-bond acceptors (Lipinski definition) is 4. The lowest BCUT2D eigenvalue weighted by Gasteiger charge is -2.42. The Hall–Kier alpha value is -1.69. The summed E-state index contributed by atoms with van der Waals surface area (Å²) in [5, 5.41) is 21.7. The van der Waals surface area contributed by atoms with Crippen molar-refractivity contribution in [2.45, 2.75) is 91.5 Å². The summed E-state index contributed by atoms with van der Waals surface area (Å²) in [6, 6.07) is 0. The van der Waals surface area contributed by atoms with Crippen LogP contribution >= 0.6 is 0 Å². The van der Waals surface area contributed by atoms with Crippen LogP contribution in [-0.2, 0) is 9.63 Å². The summed E-state index contributed by atoms with van der Waals surface area (Å²) >= 11 is 0. The predicted octanol–water partition coefficient (Wildman–Crippen LogP) is 4.87. The van der Waals surface area contributed by atoms with Gasteiger partial charge in [-0.3, -0.25) is 9.63 Å². The van der Waals surface area contributed by atoms with Gasteiger partial charge >= 0.3 is 0 Å². The molecule has 2 fully saturated rings. The van der Waals surface area contributed by atoms with Crippen LogP contribution in [0.4, 0.5) is 0 Å². The maximum atomic E-state index is 12.1. The normalized spacial score (nSPS) is 34.1. The molecule has 2 N–H and O–H groups in total. The number of hydroxylamine groups is 2. The van der Waals surface area contributed by atoms with Gasteiger partial charge in [0.1, 0.15) is 6.10 Å². The molecule has 3 rings (SSSR count). The van der Waals surface area contributed by atoms with Crippen LogP contribution in [0.3, 0.4) is 0 Å². The van der Waals surface area contributed by atoms with E-state index in [0.29, 0.717) is 31.2 Å². The van der Waals surface area contributed by atoms with Crippen molar-refractivity contribution in [1.82, 2.24) is 5.06 Å². The lowest BCUT2D eigenvalue weighted by molar-refractivity contribution is -0.200. The number of fused-ring (bicyclic) bond motifs is 1. The Morgan fingerprint density at radius 3 is 2.72 bits per heavy atom. The van der Waals surface area contributed by atoms with Gasteiger partial charge in [0.25, 0.3) is 0 Å². The van der Waals surface area contributed by atoms with Gasteiger partial charge in [0, 0.05) is 13.3 Å². The number of hydrogen-bond donors (Lipinski definition) is 2. The molecular formula is C27H41NO4. The van der Waals surface area contributed by atoms with Crippen molar-refractivity contribution < 1.29 is 19.8 Å². The van der Waals surface area contributed by atoms with Crippen molar-refractivity contribution in [3.05, 3.63) is 47.1 Å². The highest BCUT2D eigenvalue weighted by Gasteiger charge is 2.47. The van der Waals surface area contributed by atoms with Crippen LogP contribution in [0.2, 0.25) is 0 Å². The van der Waals surface area contributed by atoms with E-state index in [-0.39, 0.29) is 17.4 Å². The van der Waals surface area contributed by atoms with E-state index in [4.69, 9.17) is 4.84 Å². The summed E-state index contributed by atoms with van der Waals surface area (Å²) in [6.45, 7) is 14.8. The highest BCUT2D eigenvalue weighted by Crippen LogP contribution is 2.55. The fourth-order valence-electron chi connectivity index (χ4n) is 5.77. The van der Waals surface area contributed by atoms with Gasteiger partial charge in [0.2, 0.25) is 5.91 Å². The molecule has 5 heteroatoms. The number of aliphatic hydroxyl groups excluding tert-OH is 2.